The van der Waals surface area contributed by atoms with E-state index in [0.717, 1.165) is 6.54 Å². The molecule has 0 atom stereocenters. The fraction of sp³-hybridized carbons (Fsp3) is 0.500. The highest BCUT2D eigenvalue weighted by Crippen LogP contribution is 2.30. The first-order valence-electron chi connectivity index (χ1n) is 5.96. The van der Waals surface area contributed by atoms with Gasteiger partial charge in [-0.15, -0.1) is 0 Å². The Morgan fingerprint density at radius 3 is 3.00 bits per heavy atom. The molecule has 2 rings (SSSR count). The third kappa shape index (κ3) is 2.74. The molecule has 1 aromatic rings. The van der Waals surface area contributed by atoms with Gasteiger partial charge in [0, 0.05) is 25.5 Å². The number of nitrogen functional groups attached to an aromatic ring is 1. The van der Waals surface area contributed by atoms with Crippen LogP contribution in [0.2, 0.25) is 0 Å². The molecule has 1 saturated carbocycles. The van der Waals surface area contributed by atoms with E-state index in [1.54, 1.807) is 18.5 Å². The Morgan fingerprint density at radius 2 is 2.41 bits per heavy atom. The van der Waals surface area contributed by atoms with Crippen LogP contribution in [-0.4, -0.2) is 28.9 Å². The van der Waals surface area contributed by atoms with Crippen molar-refractivity contribution in [2.45, 2.75) is 19.8 Å². The van der Waals surface area contributed by atoms with E-state index in [2.05, 4.69) is 10.4 Å². The first kappa shape index (κ1) is 11.9. The molecule has 5 heteroatoms. The number of rotatable bonds is 5. The maximum atomic E-state index is 12.3. The van der Waals surface area contributed by atoms with Gasteiger partial charge in [-0.25, -0.2) is 0 Å². The second kappa shape index (κ2) is 5.14. The molecule has 1 amide bonds. The molecule has 1 fully saturated rings. The van der Waals surface area contributed by atoms with Gasteiger partial charge in [-0.3, -0.25) is 15.6 Å². The number of aromatic nitrogens is 1. The van der Waals surface area contributed by atoms with Crippen LogP contribution in [0.1, 0.15) is 30.1 Å². The molecule has 1 heterocycles. The van der Waals surface area contributed by atoms with E-state index in [1.165, 1.54) is 12.8 Å². The number of pyridine rings is 1. The second-order valence-corrected chi connectivity index (χ2v) is 4.35. The minimum absolute atomic E-state index is 0.000417. The summed E-state index contributed by atoms with van der Waals surface area (Å²) in [4.78, 5) is 18.1. The molecule has 17 heavy (non-hydrogen) atoms. The summed E-state index contributed by atoms with van der Waals surface area (Å²) in [5, 5.41) is 0. The Kier molecular flexibility index (Phi) is 3.58. The lowest BCUT2D eigenvalue weighted by Gasteiger charge is -2.21. The molecule has 3 N–H and O–H groups in total. The minimum atomic E-state index is 0.000417. The van der Waals surface area contributed by atoms with Crippen LogP contribution in [0.3, 0.4) is 0 Å². The zero-order valence-electron chi connectivity index (χ0n) is 10.0. The third-order valence-electron chi connectivity index (χ3n) is 3.05. The molecule has 0 unspecified atom stereocenters. The summed E-state index contributed by atoms with van der Waals surface area (Å²) in [6.07, 6.45) is 5.65. The normalized spacial score (nSPS) is 14.5. The van der Waals surface area contributed by atoms with Crippen LogP contribution in [0.25, 0.3) is 0 Å². The van der Waals surface area contributed by atoms with Crippen LogP contribution < -0.4 is 11.3 Å². The number of carbonyl (C=O) groups excluding carboxylic acids is 1. The van der Waals surface area contributed by atoms with Gasteiger partial charge in [-0.2, -0.15) is 0 Å². The van der Waals surface area contributed by atoms with Crippen molar-refractivity contribution in [3.05, 3.63) is 24.0 Å². The molecule has 0 aliphatic heterocycles. The summed E-state index contributed by atoms with van der Waals surface area (Å²) in [5.41, 5.74) is 3.70. The number of hydrazine groups is 1. The summed E-state index contributed by atoms with van der Waals surface area (Å²) >= 11 is 0. The Balaban J connectivity index is 2.15. The Morgan fingerprint density at radius 1 is 1.65 bits per heavy atom. The van der Waals surface area contributed by atoms with Crippen molar-refractivity contribution in [3.63, 3.8) is 0 Å². The average Bonchev–Trinajstić information content (AvgIpc) is 3.19. The van der Waals surface area contributed by atoms with Gasteiger partial charge in [0.05, 0.1) is 11.3 Å². The highest BCUT2D eigenvalue weighted by atomic mass is 16.2. The largest absolute Gasteiger partial charge is 0.339 e. The summed E-state index contributed by atoms with van der Waals surface area (Å²) in [7, 11) is 0. The first-order valence-corrected chi connectivity index (χ1v) is 5.96. The lowest BCUT2D eigenvalue weighted by molar-refractivity contribution is 0.0757. The van der Waals surface area contributed by atoms with Crippen LogP contribution in [0.4, 0.5) is 5.69 Å². The quantitative estimate of drug-likeness (QED) is 0.594. The number of nitrogens with zero attached hydrogens (tertiary/aromatic N) is 2. The van der Waals surface area contributed by atoms with Crippen molar-refractivity contribution in [1.82, 2.24) is 9.88 Å². The van der Waals surface area contributed by atoms with E-state index in [4.69, 9.17) is 5.84 Å². The van der Waals surface area contributed by atoms with Gasteiger partial charge in [0.2, 0.25) is 0 Å². The van der Waals surface area contributed by atoms with Gasteiger partial charge in [0.25, 0.3) is 5.91 Å². The number of anilines is 1. The molecule has 1 aliphatic carbocycles. The average molecular weight is 234 g/mol. The van der Waals surface area contributed by atoms with Crippen molar-refractivity contribution in [1.29, 1.82) is 0 Å². The summed E-state index contributed by atoms with van der Waals surface area (Å²) < 4.78 is 0. The van der Waals surface area contributed by atoms with Crippen LogP contribution in [-0.2, 0) is 0 Å². The molecule has 0 bridgehead atoms. The summed E-state index contributed by atoms with van der Waals surface area (Å²) in [6.45, 7) is 3.55. The number of nitrogens with one attached hydrogen (secondary N) is 1. The number of carbonyl (C=O) groups is 1. The monoisotopic (exact) mass is 234 g/mol. The van der Waals surface area contributed by atoms with Crippen LogP contribution in [0.15, 0.2) is 18.5 Å². The van der Waals surface area contributed by atoms with Crippen LogP contribution in [0.5, 0.6) is 0 Å². The van der Waals surface area contributed by atoms with Crippen LogP contribution >= 0.6 is 0 Å². The highest BCUT2D eigenvalue weighted by Gasteiger charge is 2.27. The smallest absolute Gasteiger partial charge is 0.257 e. The summed E-state index contributed by atoms with van der Waals surface area (Å²) in [6, 6.07) is 1.71. The van der Waals surface area contributed by atoms with E-state index in [0.29, 0.717) is 23.7 Å². The van der Waals surface area contributed by atoms with Crippen molar-refractivity contribution in [3.8, 4) is 0 Å². The molecular formula is C12H18N4O. The molecule has 1 aliphatic rings. The standard InChI is InChI=1S/C12H18N4O/c1-2-16(8-9-3-4-9)12(17)10-7-14-6-5-11(10)15-13/h5-7,9H,2-4,8,13H2,1H3,(H,14,15). The maximum Gasteiger partial charge on any atom is 0.257 e. The predicted octanol–water partition coefficient (Wildman–Crippen LogP) is 1.24. The molecular weight excluding hydrogens is 216 g/mol. The zero-order chi connectivity index (χ0) is 12.3. The molecule has 0 radical (unpaired) electrons. The number of amides is 1. The SMILES string of the molecule is CCN(CC1CC1)C(=O)c1cnccc1NN. The minimum Gasteiger partial charge on any atom is -0.339 e. The molecule has 1 aromatic heterocycles. The Labute approximate surface area is 101 Å². The fourth-order valence-electron chi connectivity index (χ4n) is 1.83. The van der Waals surface area contributed by atoms with Gasteiger partial charge in [0.15, 0.2) is 0 Å². The summed E-state index contributed by atoms with van der Waals surface area (Å²) in [5.74, 6) is 6.08. The molecule has 0 saturated heterocycles. The van der Waals surface area contributed by atoms with Gasteiger partial charge in [-0.1, -0.05) is 0 Å². The van der Waals surface area contributed by atoms with Crippen molar-refractivity contribution in [2.24, 2.45) is 11.8 Å². The predicted molar refractivity (Wildman–Crippen MR) is 66.3 cm³/mol. The first-order chi connectivity index (χ1) is 8.26. The number of hydrogen-bond donors (Lipinski definition) is 2. The third-order valence-corrected chi connectivity index (χ3v) is 3.05. The van der Waals surface area contributed by atoms with Gasteiger partial charge in [-0.05, 0) is 31.7 Å². The van der Waals surface area contributed by atoms with E-state index in [1.807, 2.05) is 11.8 Å². The van der Waals surface area contributed by atoms with Crippen molar-refractivity contribution in [2.75, 3.05) is 18.5 Å². The lowest BCUT2D eigenvalue weighted by Crippen LogP contribution is -2.33. The molecule has 0 spiro atoms. The lowest BCUT2D eigenvalue weighted by atomic mass is 10.2. The van der Waals surface area contributed by atoms with E-state index >= 15 is 0 Å². The number of hydrogen-bond acceptors (Lipinski definition) is 4. The van der Waals surface area contributed by atoms with Gasteiger partial charge < -0.3 is 10.3 Å². The maximum absolute atomic E-state index is 12.3. The Hall–Kier alpha value is -1.62. The zero-order valence-corrected chi connectivity index (χ0v) is 10.0. The fourth-order valence-corrected chi connectivity index (χ4v) is 1.83. The van der Waals surface area contributed by atoms with Crippen molar-refractivity contribution < 1.29 is 4.79 Å². The second-order valence-electron chi connectivity index (χ2n) is 4.35. The highest BCUT2D eigenvalue weighted by molar-refractivity contribution is 5.99. The van der Waals surface area contributed by atoms with E-state index in [9.17, 15) is 4.79 Å². The van der Waals surface area contributed by atoms with E-state index < -0.39 is 0 Å². The Bertz CT molecular complexity index is 403. The molecule has 5 nitrogen and oxygen atoms in total. The molecule has 0 aromatic carbocycles. The van der Waals surface area contributed by atoms with Gasteiger partial charge >= 0.3 is 0 Å². The molecule has 92 valence electrons. The van der Waals surface area contributed by atoms with Gasteiger partial charge in [0.1, 0.15) is 0 Å². The number of nitrogens with two attached hydrogens (primary N) is 1. The topological polar surface area (TPSA) is 71.2 Å². The van der Waals surface area contributed by atoms with Crippen LogP contribution in [0, 0.1) is 5.92 Å². The van der Waals surface area contributed by atoms with Crippen molar-refractivity contribution >= 4 is 11.6 Å². The van der Waals surface area contributed by atoms with E-state index in [-0.39, 0.29) is 5.91 Å².